The molecule has 1 N–H and O–H groups in total. The number of ether oxygens (including phenoxy) is 1. The smallest absolute Gasteiger partial charge is 0.346 e. The van der Waals surface area contributed by atoms with E-state index < -0.39 is 34.3 Å². The molecule has 6 nitrogen and oxygen atoms in total. The number of hydrogen-bond acceptors (Lipinski definition) is 6. The van der Waals surface area contributed by atoms with E-state index in [1.807, 2.05) is 63.2 Å². The maximum absolute atomic E-state index is 13.4. The van der Waals surface area contributed by atoms with Gasteiger partial charge in [-0.05, 0) is 41.2 Å². The topological polar surface area (TPSA) is 77.0 Å². The maximum Gasteiger partial charge on any atom is 0.346 e. The van der Waals surface area contributed by atoms with Gasteiger partial charge in [0.1, 0.15) is 11.5 Å². The second-order valence-electron chi connectivity index (χ2n) is 11.0. The van der Waals surface area contributed by atoms with Crippen molar-refractivity contribution in [3.63, 3.8) is 0 Å². The van der Waals surface area contributed by atoms with Gasteiger partial charge in [-0.2, -0.15) is 0 Å². The van der Waals surface area contributed by atoms with Crippen molar-refractivity contribution in [2.75, 3.05) is 7.11 Å². The number of nitrogens with zero attached hydrogens (tertiary/aromatic N) is 1. The van der Waals surface area contributed by atoms with Gasteiger partial charge in [0.2, 0.25) is 0 Å². The van der Waals surface area contributed by atoms with Crippen LogP contribution in [0.2, 0.25) is 0 Å². The molecule has 0 saturated heterocycles. The number of fused-ring (bicyclic) bond motifs is 3. The first-order chi connectivity index (χ1) is 17.6. The number of nitrogens with one attached hydrogen (secondary N) is 1. The lowest BCUT2D eigenvalue weighted by molar-refractivity contribution is -0.150. The fourth-order valence-electron chi connectivity index (χ4n) is 6.01. The van der Waals surface area contributed by atoms with Crippen LogP contribution in [0.4, 0.5) is 0 Å². The molecule has 3 aromatic rings. The third-order valence-electron chi connectivity index (χ3n) is 7.55. The van der Waals surface area contributed by atoms with Crippen LogP contribution in [0.1, 0.15) is 50.8 Å². The standard InChI is InChI=1S/C31H32N2O4/c1-29(2,3)27-30(4,28(35)37-33-27)19-25(26(34)36-5)32-31(20-13-7-6-8-14-20)23-17-11-9-15-21(23)22-16-10-12-18-24(22)31/h6-18,25,32H,19H2,1-5H3/t25-,30+/m0/s1. The summed E-state index contributed by atoms with van der Waals surface area (Å²) in [5.41, 5.74) is 3.52. The summed E-state index contributed by atoms with van der Waals surface area (Å²) in [6.45, 7) is 7.76. The van der Waals surface area contributed by atoms with E-state index in [1.54, 1.807) is 6.92 Å². The Kier molecular flexibility index (Phi) is 6.03. The second-order valence-corrected chi connectivity index (χ2v) is 11.0. The van der Waals surface area contributed by atoms with Gasteiger partial charge in [0, 0.05) is 5.41 Å². The zero-order valence-electron chi connectivity index (χ0n) is 21.9. The predicted octanol–water partition coefficient (Wildman–Crippen LogP) is 5.45. The highest BCUT2D eigenvalue weighted by atomic mass is 16.7. The minimum Gasteiger partial charge on any atom is -0.468 e. The highest BCUT2D eigenvalue weighted by molar-refractivity contribution is 6.11. The average Bonchev–Trinajstić information content (AvgIpc) is 3.36. The fourth-order valence-corrected chi connectivity index (χ4v) is 6.01. The molecule has 0 bridgehead atoms. The minimum atomic E-state index is -1.10. The van der Waals surface area contributed by atoms with E-state index in [4.69, 9.17) is 9.57 Å². The number of esters is 1. The molecule has 2 aliphatic rings. The highest BCUT2D eigenvalue weighted by Crippen LogP contribution is 2.51. The van der Waals surface area contributed by atoms with E-state index in [-0.39, 0.29) is 6.42 Å². The number of methoxy groups -OCH3 is 1. The Balaban J connectivity index is 1.69. The number of rotatable bonds is 6. The van der Waals surface area contributed by atoms with E-state index in [9.17, 15) is 9.59 Å². The molecule has 1 heterocycles. The number of carbonyl (C=O) groups excluding carboxylic acids is 2. The molecule has 0 spiro atoms. The Morgan fingerprint density at radius 1 is 0.946 bits per heavy atom. The molecule has 5 rings (SSSR count). The summed E-state index contributed by atoms with van der Waals surface area (Å²) in [7, 11) is 1.37. The SMILES string of the molecule is COC(=O)[C@H](C[C@@]1(C)C(=O)ON=C1C(C)(C)C)NC1(c2ccccc2)c2ccccc2-c2ccccc21. The molecule has 1 aliphatic carbocycles. The summed E-state index contributed by atoms with van der Waals surface area (Å²) in [5, 5.41) is 7.86. The lowest BCUT2D eigenvalue weighted by atomic mass is 9.69. The van der Waals surface area contributed by atoms with Gasteiger partial charge in [0.05, 0.1) is 18.4 Å². The molecule has 6 heteroatoms. The van der Waals surface area contributed by atoms with Crippen LogP contribution >= 0.6 is 0 Å². The lowest BCUT2D eigenvalue weighted by Gasteiger charge is -2.39. The second kappa shape index (κ2) is 8.96. The molecule has 37 heavy (non-hydrogen) atoms. The summed E-state index contributed by atoms with van der Waals surface area (Å²) in [6, 6.07) is 25.7. The number of carbonyl (C=O) groups is 2. The molecule has 3 aromatic carbocycles. The van der Waals surface area contributed by atoms with E-state index in [1.165, 1.54) is 7.11 Å². The van der Waals surface area contributed by atoms with Gasteiger partial charge in [-0.25, -0.2) is 4.79 Å². The van der Waals surface area contributed by atoms with Crippen molar-refractivity contribution in [3.05, 3.63) is 95.6 Å². The highest BCUT2D eigenvalue weighted by Gasteiger charge is 2.54. The molecule has 0 unspecified atom stereocenters. The first kappa shape index (κ1) is 24.9. The zero-order valence-corrected chi connectivity index (χ0v) is 21.9. The van der Waals surface area contributed by atoms with E-state index >= 15 is 0 Å². The van der Waals surface area contributed by atoms with Crippen molar-refractivity contribution in [2.45, 2.75) is 45.7 Å². The fraction of sp³-hybridized carbons (Fsp3) is 0.323. The van der Waals surface area contributed by atoms with Crippen molar-refractivity contribution in [1.29, 1.82) is 0 Å². The summed E-state index contributed by atoms with van der Waals surface area (Å²) in [6.07, 6.45) is 0.132. The van der Waals surface area contributed by atoms with Crippen molar-refractivity contribution >= 4 is 17.7 Å². The number of hydrogen-bond donors (Lipinski definition) is 1. The largest absolute Gasteiger partial charge is 0.468 e. The van der Waals surface area contributed by atoms with Crippen LogP contribution in [-0.2, 0) is 24.7 Å². The van der Waals surface area contributed by atoms with Crippen LogP contribution in [0.3, 0.4) is 0 Å². The molecule has 0 radical (unpaired) electrons. The summed E-state index contributed by atoms with van der Waals surface area (Å²) in [4.78, 5) is 31.7. The third kappa shape index (κ3) is 3.87. The van der Waals surface area contributed by atoms with Crippen LogP contribution in [0, 0.1) is 10.8 Å². The first-order valence-electron chi connectivity index (χ1n) is 12.5. The summed E-state index contributed by atoms with van der Waals surface area (Å²) < 4.78 is 5.30. The van der Waals surface area contributed by atoms with Gasteiger partial charge in [0.15, 0.2) is 0 Å². The predicted molar refractivity (Wildman–Crippen MR) is 143 cm³/mol. The molecule has 0 aromatic heterocycles. The quantitative estimate of drug-likeness (QED) is 0.363. The van der Waals surface area contributed by atoms with Crippen molar-refractivity contribution < 1.29 is 19.2 Å². The van der Waals surface area contributed by atoms with Crippen molar-refractivity contribution in [2.24, 2.45) is 16.0 Å². The Labute approximate surface area is 217 Å². The minimum absolute atomic E-state index is 0.132. The lowest BCUT2D eigenvalue weighted by Crippen LogP contribution is -2.55. The molecular weight excluding hydrogens is 464 g/mol. The van der Waals surface area contributed by atoms with Gasteiger partial charge in [-0.15, -0.1) is 0 Å². The Morgan fingerprint density at radius 3 is 2.03 bits per heavy atom. The number of benzene rings is 3. The van der Waals surface area contributed by atoms with Crippen LogP contribution in [0.5, 0.6) is 0 Å². The molecular formula is C31H32N2O4. The van der Waals surface area contributed by atoms with Crippen LogP contribution in [-0.4, -0.2) is 30.8 Å². The Morgan fingerprint density at radius 2 is 1.49 bits per heavy atom. The third-order valence-corrected chi connectivity index (χ3v) is 7.55. The van der Waals surface area contributed by atoms with Crippen LogP contribution in [0.15, 0.2) is 84.0 Å². The molecule has 0 saturated carbocycles. The normalized spacial score (nSPS) is 20.5. The van der Waals surface area contributed by atoms with Crippen LogP contribution in [0.25, 0.3) is 11.1 Å². The van der Waals surface area contributed by atoms with Gasteiger partial charge < -0.3 is 9.57 Å². The first-order valence-corrected chi connectivity index (χ1v) is 12.5. The number of oxime groups is 1. The summed E-state index contributed by atoms with van der Waals surface area (Å²) in [5.74, 6) is -0.916. The van der Waals surface area contributed by atoms with E-state index in [0.717, 1.165) is 27.8 Å². The average molecular weight is 497 g/mol. The van der Waals surface area contributed by atoms with E-state index in [2.05, 4.69) is 46.9 Å². The van der Waals surface area contributed by atoms with Crippen molar-refractivity contribution in [1.82, 2.24) is 5.32 Å². The molecule has 0 fully saturated rings. The van der Waals surface area contributed by atoms with Gasteiger partial charge in [-0.3, -0.25) is 10.1 Å². The van der Waals surface area contributed by atoms with E-state index in [0.29, 0.717) is 5.71 Å². The molecule has 2 atom stereocenters. The van der Waals surface area contributed by atoms with Gasteiger partial charge in [0.25, 0.3) is 0 Å². The maximum atomic E-state index is 13.4. The Bertz CT molecular complexity index is 1340. The van der Waals surface area contributed by atoms with Gasteiger partial charge in [-0.1, -0.05) is 105 Å². The molecule has 190 valence electrons. The summed E-state index contributed by atoms with van der Waals surface area (Å²) >= 11 is 0. The van der Waals surface area contributed by atoms with Crippen molar-refractivity contribution in [3.8, 4) is 11.1 Å². The molecule has 1 aliphatic heterocycles. The Hall–Kier alpha value is -3.77. The van der Waals surface area contributed by atoms with Crippen LogP contribution < -0.4 is 5.32 Å². The zero-order chi connectivity index (χ0) is 26.4. The van der Waals surface area contributed by atoms with Gasteiger partial charge >= 0.3 is 11.9 Å². The monoisotopic (exact) mass is 496 g/mol. The molecule has 0 amide bonds.